The van der Waals surface area contributed by atoms with Crippen molar-refractivity contribution >= 4 is 16.7 Å². The summed E-state index contributed by atoms with van der Waals surface area (Å²) in [7, 11) is 0. The van der Waals surface area contributed by atoms with E-state index in [2.05, 4.69) is 16.4 Å². The SMILES string of the molecule is CC(C)(O)CCNCc1ccc(Oc2ccc(C(N)=O)cn2)c2ccccc12. The molecule has 1 aromatic heterocycles. The number of hydrogen-bond donors (Lipinski definition) is 3. The van der Waals surface area contributed by atoms with Gasteiger partial charge in [0.1, 0.15) is 5.75 Å². The zero-order chi connectivity index (χ0) is 20.1. The van der Waals surface area contributed by atoms with Gasteiger partial charge in [0.2, 0.25) is 11.8 Å². The van der Waals surface area contributed by atoms with Crippen molar-refractivity contribution in [2.24, 2.45) is 5.73 Å². The molecule has 0 aliphatic rings. The number of hydrogen-bond acceptors (Lipinski definition) is 5. The third-order valence-corrected chi connectivity index (χ3v) is 4.44. The molecule has 6 nitrogen and oxygen atoms in total. The summed E-state index contributed by atoms with van der Waals surface area (Å²) in [4.78, 5) is 15.3. The van der Waals surface area contributed by atoms with Crippen LogP contribution in [0.2, 0.25) is 0 Å². The van der Waals surface area contributed by atoms with Gasteiger partial charge in [-0.2, -0.15) is 0 Å². The normalized spacial score (nSPS) is 11.5. The predicted octanol–water partition coefficient (Wildman–Crippen LogP) is 3.38. The molecule has 0 fully saturated rings. The summed E-state index contributed by atoms with van der Waals surface area (Å²) in [5.41, 5.74) is 6.05. The van der Waals surface area contributed by atoms with Crippen LogP contribution in [0.25, 0.3) is 10.8 Å². The van der Waals surface area contributed by atoms with Gasteiger partial charge in [-0.15, -0.1) is 0 Å². The highest BCUT2D eigenvalue weighted by atomic mass is 16.5. The minimum atomic E-state index is -0.677. The van der Waals surface area contributed by atoms with Crippen molar-refractivity contribution in [2.75, 3.05) is 6.54 Å². The molecule has 0 saturated heterocycles. The number of benzene rings is 2. The predicted molar refractivity (Wildman–Crippen MR) is 109 cm³/mol. The minimum Gasteiger partial charge on any atom is -0.438 e. The Hall–Kier alpha value is -2.96. The zero-order valence-corrected chi connectivity index (χ0v) is 16.1. The smallest absolute Gasteiger partial charge is 0.250 e. The fourth-order valence-electron chi connectivity index (χ4n) is 2.89. The molecule has 2 aromatic carbocycles. The van der Waals surface area contributed by atoms with E-state index in [-0.39, 0.29) is 0 Å². The third kappa shape index (κ3) is 5.06. The molecule has 3 aromatic rings. The first-order chi connectivity index (χ1) is 13.3. The van der Waals surface area contributed by atoms with Crippen LogP contribution in [0, 0.1) is 0 Å². The molecule has 0 atom stereocenters. The Morgan fingerprint density at radius 3 is 2.54 bits per heavy atom. The van der Waals surface area contributed by atoms with Crippen LogP contribution >= 0.6 is 0 Å². The number of rotatable bonds is 8. The summed E-state index contributed by atoms with van der Waals surface area (Å²) in [6.07, 6.45) is 2.08. The largest absolute Gasteiger partial charge is 0.438 e. The molecule has 0 saturated carbocycles. The van der Waals surface area contributed by atoms with E-state index in [9.17, 15) is 9.90 Å². The molecule has 28 heavy (non-hydrogen) atoms. The first-order valence-corrected chi connectivity index (χ1v) is 9.21. The van der Waals surface area contributed by atoms with Crippen molar-refractivity contribution < 1.29 is 14.6 Å². The van der Waals surface area contributed by atoms with E-state index in [1.807, 2.05) is 30.3 Å². The van der Waals surface area contributed by atoms with Crippen molar-refractivity contribution in [2.45, 2.75) is 32.4 Å². The molecule has 4 N–H and O–H groups in total. The quantitative estimate of drug-likeness (QED) is 0.521. The lowest BCUT2D eigenvalue weighted by Gasteiger charge is -2.17. The molecule has 0 aliphatic carbocycles. The number of nitrogens with zero attached hydrogens (tertiary/aromatic N) is 1. The van der Waals surface area contributed by atoms with Gasteiger partial charge in [-0.05, 0) is 49.9 Å². The summed E-state index contributed by atoms with van der Waals surface area (Å²) in [6.45, 7) is 5.04. The molecule has 3 rings (SSSR count). The molecule has 1 heterocycles. The maximum Gasteiger partial charge on any atom is 0.250 e. The van der Waals surface area contributed by atoms with Crippen LogP contribution in [0.3, 0.4) is 0 Å². The van der Waals surface area contributed by atoms with Gasteiger partial charge in [0, 0.05) is 24.2 Å². The Morgan fingerprint density at radius 1 is 1.14 bits per heavy atom. The topological polar surface area (TPSA) is 97.5 Å². The maximum absolute atomic E-state index is 11.2. The summed E-state index contributed by atoms with van der Waals surface area (Å²) in [6, 6.07) is 15.2. The highest BCUT2D eigenvalue weighted by Gasteiger charge is 2.12. The Bertz CT molecular complexity index is 963. The maximum atomic E-state index is 11.2. The zero-order valence-electron chi connectivity index (χ0n) is 16.1. The number of nitrogens with one attached hydrogen (secondary N) is 1. The van der Waals surface area contributed by atoms with E-state index in [0.717, 1.165) is 22.9 Å². The first-order valence-electron chi connectivity index (χ1n) is 9.21. The molecule has 6 heteroatoms. The van der Waals surface area contributed by atoms with Gasteiger partial charge >= 0.3 is 0 Å². The van der Waals surface area contributed by atoms with Crippen molar-refractivity contribution in [1.82, 2.24) is 10.3 Å². The van der Waals surface area contributed by atoms with Crippen LogP contribution in [0.4, 0.5) is 0 Å². The number of nitrogens with two attached hydrogens (primary N) is 1. The average molecular weight is 379 g/mol. The molecule has 0 aliphatic heterocycles. The monoisotopic (exact) mass is 379 g/mol. The van der Waals surface area contributed by atoms with E-state index >= 15 is 0 Å². The van der Waals surface area contributed by atoms with E-state index in [1.54, 1.807) is 26.0 Å². The highest BCUT2D eigenvalue weighted by molar-refractivity contribution is 5.92. The fourth-order valence-corrected chi connectivity index (χ4v) is 2.89. The number of aromatic nitrogens is 1. The van der Waals surface area contributed by atoms with E-state index < -0.39 is 11.5 Å². The van der Waals surface area contributed by atoms with Gasteiger partial charge in [-0.1, -0.05) is 30.3 Å². The van der Waals surface area contributed by atoms with Crippen molar-refractivity contribution in [3.8, 4) is 11.6 Å². The molecule has 146 valence electrons. The fraction of sp³-hybridized carbons (Fsp3) is 0.273. The number of carbonyl (C=O) groups is 1. The van der Waals surface area contributed by atoms with Crippen LogP contribution in [0.5, 0.6) is 11.6 Å². The van der Waals surface area contributed by atoms with Crippen LogP contribution in [0.1, 0.15) is 36.2 Å². The average Bonchev–Trinajstić information content (AvgIpc) is 2.66. The third-order valence-electron chi connectivity index (χ3n) is 4.44. The van der Waals surface area contributed by atoms with Crippen LogP contribution in [0.15, 0.2) is 54.7 Å². The van der Waals surface area contributed by atoms with E-state index in [1.165, 1.54) is 6.20 Å². The second-order valence-corrected chi connectivity index (χ2v) is 7.36. The van der Waals surface area contributed by atoms with Gasteiger partial charge < -0.3 is 20.9 Å². The molecule has 0 bridgehead atoms. The second-order valence-electron chi connectivity index (χ2n) is 7.36. The first kappa shape index (κ1) is 19.8. The number of aliphatic hydroxyl groups is 1. The summed E-state index contributed by atoms with van der Waals surface area (Å²) < 4.78 is 5.94. The molecular formula is C22H25N3O3. The summed E-state index contributed by atoms with van der Waals surface area (Å²) in [5, 5.41) is 15.3. The van der Waals surface area contributed by atoms with Gasteiger partial charge in [0.15, 0.2) is 0 Å². The number of primary amides is 1. The van der Waals surface area contributed by atoms with Gasteiger partial charge in [-0.25, -0.2) is 4.98 Å². The standard InChI is InChI=1S/C22H25N3O3/c1-22(2,27)11-12-24-13-15-7-9-19(18-6-4-3-5-17(15)18)28-20-10-8-16(14-25-20)21(23)26/h3-10,14,24,27H,11-13H2,1-2H3,(H2,23,26). The number of carbonyl (C=O) groups excluding carboxylic acids is 1. The molecule has 0 spiro atoms. The van der Waals surface area contributed by atoms with Crippen LogP contribution < -0.4 is 15.8 Å². The Morgan fingerprint density at radius 2 is 1.89 bits per heavy atom. The lowest BCUT2D eigenvalue weighted by atomic mass is 10.0. The Labute approximate surface area is 164 Å². The van der Waals surface area contributed by atoms with Gasteiger partial charge in [0.25, 0.3) is 0 Å². The molecular weight excluding hydrogens is 354 g/mol. The number of pyridine rings is 1. The summed E-state index contributed by atoms with van der Waals surface area (Å²) in [5.74, 6) is 0.562. The van der Waals surface area contributed by atoms with Crippen LogP contribution in [-0.2, 0) is 6.54 Å². The van der Waals surface area contributed by atoms with Crippen molar-refractivity contribution in [3.63, 3.8) is 0 Å². The van der Waals surface area contributed by atoms with E-state index in [0.29, 0.717) is 30.2 Å². The molecule has 1 amide bonds. The van der Waals surface area contributed by atoms with Gasteiger partial charge in [0.05, 0.1) is 11.2 Å². The van der Waals surface area contributed by atoms with Gasteiger partial charge in [-0.3, -0.25) is 4.79 Å². The molecule has 0 unspecified atom stereocenters. The molecule has 0 radical (unpaired) electrons. The minimum absolute atomic E-state index is 0.338. The van der Waals surface area contributed by atoms with Crippen LogP contribution in [-0.4, -0.2) is 28.1 Å². The number of fused-ring (bicyclic) bond motifs is 1. The van der Waals surface area contributed by atoms with Crippen molar-refractivity contribution in [1.29, 1.82) is 0 Å². The Balaban J connectivity index is 1.78. The lowest BCUT2D eigenvalue weighted by molar-refractivity contribution is 0.0711. The number of ether oxygens (including phenoxy) is 1. The van der Waals surface area contributed by atoms with Crippen molar-refractivity contribution in [3.05, 3.63) is 65.9 Å². The highest BCUT2D eigenvalue weighted by Crippen LogP contribution is 2.31. The second kappa shape index (κ2) is 8.37. The summed E-state index contributed by atoms with van der Waals surface area (Å²) >= 11 is 0. The lowest BCUT2D eigenvalue weighted by Crippen LogP contribution is -2.26. The number of amides is 1. The Kier molecular flexibility index (Phi) is 5.92. The van der Waals surface area contributed by atoms with E-state index in [4.69, 9.17) is 10.5 Å².